The Kier molecular flexibility index (Phi) is 5.12. The van der Waals surface area contributed by atoms with Gasteiger partial charge in [0.1, 0.15) is 0 Å². The van der Waals surface area contributed by atoms with Crippen molar-refractivity contribution in [3.8, 4) is 0 Å². The number of carbonyl (C=O) groups excluding carboxylic acids is 1. The molecule has 0 aliphatic carbocycles. The van der Waals surface area contributed by atoms with E-state index >= 15 is 0 Å². The van der Waals surface area contributed by atoms with Gasteiger partial charge in [0.2, 0.25) is 26.0 Å². The van der Waals surface area contributed by atoms with E-state index in [0.717, 1.165) is 4.31 Å². The lowest BCUT2D eigenvalue weighted by atomic mass is 10.3. The van der Waals surface area contributed by atoms with Crippen molar-refractivity contribution >= 4 is 41.5 Å². The van der Waals surface area contributed by atoms with Crippen LogP contribution in [-0.4, -0.2) is 65.3 Å². The lowest BCUT2D eigenvalue weighted by Gasteiger charge is -2.26. The first-order valence-corrected chi connectivity index (χ1v) is 13.2. The van der Waals surface area contributed by atoms with Crippen LogP contribution in [0.15, 0.2) is 29.2 Å². The van der Waals surface area contributed by atoms with Gasteiger partial charge in [0.05, 0.1) is 27.8 Å². The minimum absolute atomic E-state index is 0.0441. The normalized spacial score (nSPS) is 24.6. The second-order valence-corrected chi connectivity index (χ2v) is 12.5. The van der Waals surface area contributed by atoms with Crippen LogP contribution in [0, 0.1) is 0 Å². The van der Waals surface area contributed by atoms with E-state index in [4.69, 9.17) is 0 Å². The highest BCUT2D eigenvalue weighted by atomic mass is 32.2. The molecular weight excluding hydrogens is 416 g/mol. The largest absolute Gasteiger partial charge is 0.273 e. The minimum Gasteiger partial charge on any atom is -0.273 e. The van der Waals surface area contributed by atoms with Gasteiger partial charge in [-0.05, 0) is 30.7 Å². The average Bonchev–Trinajstić information content (AvgIpc) is 3.06. The molecule has 0 radical (unpaired) electrons. The first kappa shape index (κ1) is 20.2. The quantitative estimate of drug-likeness (QED) is 0.633. The van der Waals surface area contributed by atoms with Crippen LogP contribution in [0.25, 0.3) is 0 Å². The van der Waals surface area contributed by atoms with Gasteiger partial charge < -0.3 is 0 Å². The number of sulfonamides is 2. The van der Waals surface area contributed by atoms with Crippen LogP contribution in [0.1, 0.15) is 19.8 Å². The summed E-state index contributed by atoms with van der Waals surface area (Å²) in [6.07, 6.45) is 0.135. The topological polar surface area (TPSA) is 126 Å². The summed E-state index contributed by atoms with van der Waals surface area (Å²) in [7, 11) is -10.9. The molecule has 12 heteroatoms. The van der Waals surface area contributed by atoms with Crippen LogP contribution >= 0.6 is 0 Å². The van der Waals surface area contributed by atoms with Crippen molar-refractivity contribution in [2.45, 2.75) is 30.7 Å². The molecule has 0 saturated carbocycles. The van der Waals surface area contributed by atoms with Crippen molar-refractivity contribution < 1.29 is 30.0 Å². The standard InChI is InChI=1S/C15H20N2O7S3/c1-2-16(13-7-9-25(19,20)11-13)27(23,24)14-5-3-12(4-6-14)17-15(18)8-10-26(17,21)22/h3-6,13H,2,7-11H2,1H3/t13-/m1/s1. The summed E-state index contributed by atoms with van der Waals surface area (Å²) in [5, 5.41) is 0. The van der Waals surface area contributed by atoms with Crippen molar-refractivity contribution in [1.82, 2.24) is 4.31 Å². The summed E-state index contributed by atoms with van der Waals surface area (Å²) in [5.41, 5.74) is 0.0861. The number of amides is 1. The van der Waals surface area contributed by atoms with E-state index in [-0.39, 0.29) is 47.2 Å². The van der Waals surface area contributed by atoms with E-state index < -0.39 is 41.8 Å². The second-order valence-electron chi connectivity index (χ2n) is 6.48. The number of nitrogens with zero attached hydrogens (tertiary/aromatic N) is 2. The van der Waals surface area contributed by atoms with Gasteiger partial charge in [0, 0.05) is 19.0 Å². The number of benzene rings is 1. The summed E-state index contributed by atoms with van der Waals surface area (Å²) < 4.78 is 75.0. The zero-order chi connectivity index (χ0) is 20.0. The molecule has 1 atom stereocenters. The predicted octanol–water partition coefficient (Wildman–Crippen LogP) is -0.0492. The molecule has 0 spiro atoms. The van der Waals surface area contributed by atoms with Gasteiger partial charge in [0.25, 0.3) is 0 Å². The third kappa shape index (κ3) is 3.75. The minimum atomic E-state index is -3.95. The Hall–Kier alpha value is -1.50. The molecule has 2 aliphatic rings. The highest BCUT2D eigenvalue weighted by Crippen LogP contribution is 2.29. The van der Waals surface area contributed by atoms with Gasteiger partial charge in [-0.15, -0.1) is 0 Å². The predicted molar refractivity (Wildman–Crippen MR) is 99.0 cm³/mol. The van der Waals surface area contributed by atoms with E-state index in [0.29, 0.717) is 4.31 Å². The van der Waals surface area contributed by atoms with E-state index in [9.17, 15) is 30.0 Å². The van der Waals surface area contributed by atoms with Crippen LogP contribution in [-0.2, 0) is 34.7 Å². The molecule has 0 aromatic heterocycles. The molecule has 1 amide bonds. The van der Waals surface area contributed by atoms with Gasteiger partial charge in [-0.1, -0.05) is 6.92 Å². The molecule has 0 N–H and O–H groups in total. The lowest BCUT2D eigenvalue weighted by molar-refractivity contribution is -0.116. The van der Waals surface area contributed by atoms with Crippen molar-refractivity contribution in [3.05, 3.63) is 24.3 Å². The summed E-state index contributed by atoms with van der Waals surface area (Å²) in [6, 6.07) is 4.39. The summed E-state index contributed by atoms with van der Waals surface area (Å²) >= 11 is 0. The number of hydrogen-bond acceptors (Lipinski definition) is 7. The van der Waals surface area contributed by atoms with Gasteiger partial charge in [0.15, 0.2) is 9.84 Å². The highest BCUT2D eigenvalue weighted by Gasteiger charge is 2.39. The van der Waals surface area contributed by atoms with E-state index in [1.54, 1.807) is 6.92 Å². The van der Waals surface area contributed by atoms with Gasteiger partial charge in [-0.25, -0.2) is 29.6 Å². The maximum absolute atomic E-state index is 12.9. The molecule has 1 aromatic rings. The maximum atomic E-state index is 12.9. The van der Waals surface area contributed by atoms with Crippen LogP contribution in [0.5, 0.6) is 0 Å². The number of sulfone groups is 1. The summed E-state index contributed by atoms with van der Waals surface area (Å²) in [6.45, 7) is 1.75. The fraction of sp³-hybridized carbons (Fsp3) is 0.533. The number of carbonyl (C=O) groups is 1. The van der Waals surface area contributed by atoms with Crippen molar-refractivity contribution in [1.29, 1.82) is 0 Å². The molecule has 2 saturated heterocycles. The smallest absolute Gasteiger partial charge is 0.243 e. The zero-order valence-electron chi connectivity index (χ0n) is 14.6. The van der Waals surface area contributed by atoms with E-state index in [1.807, 2.05) is 0 Å². The molecular formula is C15H20N2O7S3. The third-order valence-electron chi connectivity index (χ3n) is 4.68. The summed E-state index contributed by atoms with van der Waals surface area (Å²) in [4.78, 5) is 11.7. The summed E-state index contributed by atoms with van der Waals surface area (Å²) in [5.74, 6) is -1.08. The van der Waals surface area contributed by atoms with Crippen LogP contribution in [0.4, 0.5) is 5.69 Å². The van der Waals surface area contributed by atoms with Crippen LogP contribution < -0.4 is 4.31 Å². The monoisotopic (exact) mass is 436 g/mol. The molecule has 0 unspecified atom stereocenters. The van der Waals surface area contributed by atoms with Gasteiger partial charge >= 0.3 is 0 Å². The van der Waals surface area contributed by atoms with Gasteiger partial charge in [-0.2, -0.15) is 4.31 Å². The molecule has 0 bridgehead atoms. The SMILES string of the molecule is CCN([C@@H]1CCS(=O)(=O)C1)S(=O)(=O)c1ccc(N2C(=O)CCS2(=O)=O)cc1. The molecule has 2 heterocycles. The molecule has 2 aliphatic heterocycles. The van der Waals surface area contributed by atoms with Crippen molar-refractivity contribution in [2.24, 2.45) is 0 Å². The fourth-order valence-corrected chi connectivity index (χ4v) is 8.33. The highest BCUT2D eigenvalue weighted by molar-refractivity contribution is 7.94. The first-order chi connectivity index (χ1) is 12.5. The molecule has 27 heavy (non-hydrogen) atoms. The van der Waals surface area contributed by atoms with E-state index in [1.165, 1.54) is 24.3 Å². The Morgan fingerprint density at radius 1 is 1.11 bits per heavy atom. The number of hydrogen-bond donors (Lipinski definition) is 0. The third-order valence-corrected chi connectivity index (χ3v) is 10.2. The zero-order valence-corrected chi connectivity index (χ0v) is 17.1. The van der Waals surface area contributed by atoms with E-state index in [2.05, 4.69) is 0 Å². The second kappa shape index (κ2) is 6.83. The Labute approximate surface area is 159 Å². The molecule has 1 aromatic carbocycles. The number of rotatable bonds is 5. The Balaban J connectivity index is 1.90. The molecule has 9 nitrogen and oxygen atoms in total. The average molecular weight is 437 g/mol. The van der Waals surface area contributed by atoms with Crippen molar-refractivity contribution in [3.63, 3.8) is 0 Å². The number of anilines is 1. The lowest BCUT2D eigenvalue weighted by Crippen LogP contribution is -2.40. The Bertz CT molecular complexity index is 1060. The first-order valence-electron chi connectivity index (χ1n) is 8.36. The van der Waals surface area contributed by atoms with Crippen molar-refractivity contribution in [2.75, 3.05) is 28.1 Å². The Morgan fingerprint density at radius 3 is 2.19 bits per heavy atom. The van der Waals surface area contributed by atoms with Gasteiger partial charge in [-0.3, -0.25) is 4.79 Å². The molecule has 2 fully saturated rings. The Morgan fingerprint density at radius 2 is 1.74 bits per heavy atom. The fourth-order valence-electron chi connectivity index (χ4n) is 3.38. The molecule has 150 valence electrons. The maximum Gasteiger partial charge on any atom is 0.243 e. The van der Waals surface area contributed by atoms with Crippen LogP contribution in [0.3, 0.4) is 0 Å². The molecule has 3 rings (SSSR count). The van der Waals surface area contributed by atoms with Crippen LogP contribution in [0.2, 0.25) is 0 Å².